The highest BCUT2D eigenvalue weighted by Crippen LogP contribution is 2.39. The predicted octanol–water partition coefficient (Wildman–Crippen LogP) is 2.94. The van der Waals surface area contributed by atoms with E-state index >= 15 is 0 Å². The van der Waals surface area contributed by atoms with Crippen LogP contribution in [0.1, 0.15) is 44.6 Å². The molecule has 1 aliphatic carbocycles. The monoisotopic (exact) mass is 315 g/mol. The zero-order chi connectivity index (χ0) is 16.2. The molecular weight excluding hydrogens is 286 g/mol. The highest BCUT2D eigenvalue weighted by molar-refractivity contribution is 5.76. The molecule has 1 aliphatic heterocycles. The second-order valence-electron chi connectivity index (χ2n) is 7.25. The summed E-state index contributed by atoms with van der Waals surface area (Å²) < 4.78 is 0. The minimum absolute atomic E-state index is 0.357. The Kier molecular flexibility index (Phi) is 5.31. The zero-order valence-corrected chi connectivity index (χ0v) is 14.4. The second kappa shape index (κ2) is 7.43. The van der Waals surface area contributed by atoms with E-state index in [1.807, 2.05) is 18.5 Å². The Morgan fingerprint density at radius 3 is 3.00 bits per heavy atom. The molecule has 1 aromatic rings. The van der Waals surface area contributed by atoms with Crippen LogP contribution in [0.15, 0.2) is 24.5 Å². The fourth-order valence-corrected chi connectivity index (χ4v) is 4.46. The molecule has 0 radical (unpaired) electrons. The quantitative estimate of drug-likeness (QED) is 0.838. The van der Waals surface area contributed by atoms with Crippen LogP contribution in [0.25, 0.3) is 0 Å². The molecule has 1 saturated carbocycles. The van der Waals surface area contributed by atoms with E-state index in [1.54, 1.807) is 0 Å². The molecule has 23 heavy (non-hydrogen) atoms. The fraction of sp³-hybridized carbons (Fsp3) is 0.684. The van der Waals surface area contributed by atoms with Crippen LogP contribution in [0.3, 0.4) is 0 Å². The van der Waals surface area contributed by atoms with E-state index in [-0.39, 0.29) is 0 Å². The SMILES string of the molecule is CCCC(=O)N1C[C@H]2CCCC(N(C)Cc3cccnc3)[C@H]2C1. The average molecular weight is 315 g/mol. The Hall–Kier alpha value is -1.42. The Morgan fingerprint density at radius 2 is 2.26 bits per heavy atom. The van der Waals surface area contributed by atoms with Crippen molar-refractivity contribution in [2.75, 3.05) is 20.1 Å². The van der Waals surface area contributed by atoms with Crippen molar-refractivity contribution >= 4 is 5.91 Å². The van der Waals surface area contributed by atoms with Crippen LogP contribution in [0.5, 0.6) is 0 Å². The van der Waals surface area contributed by atoms with Gasteiger partial charge < -0.3 is 4.90 Å². The highest BCUT2D eigenvalue weighted by atomic mass is 16.2. The number of nitrogens with zero attached hydrogens (tertiary/aromatic N) is 3. The van der Waals surface area contributed by atoms with Crippen molar-refractivity contribution < 1.29 is 4.79 Å². The van der Waals surface area contributed by atoms with Gasteiger partial charge in [0, 0.05) is 44.5 Å². The maximum atomic E-state index is 12.3. The summed E-state index contributed by atoms with van der Waals surface area (Å²) in [4.78, 5) is 21.1. The van der Waals surface area contributed by atoms with E-state index < -0.39 is 0 Å². The van der Waals surface area contributed by atoms with Crippen LogP contribution in [-0.2, 0) is 11.3 Å². The molecule has 1 unspecified atom stereocenters. The molecule has 1 amide bonds. The van der Waals surface area contributed by atoms with Gasteiger partial charge in [-0.05, 0) is 49.8 Å². The minimum atomic E-state index is 0.357. The van der Waals surface area contributed by atoms with E-state index in [1.165, 1.54) is 24.8 Å². The summed E-state index contributed by atoms with van der Waals surface area (Å²) in [6.45, 7) is 4.99. The van der Waals surface area contributed by atoms with Crippen LogP contribution >= 0.6 is 0 Å². The summed E-state index contributed by atoms with van der Waals surface area (Å²) in [5.41, 5.74) is 1.27. The molecule has 0 aromatic carbocycles. The van der Waals surface area contributed by atoms with Crippen molar-refractivity contribution in [1.29, 1.82) is 0 Å². The average Bonchev–Trinajstić information content (AvgIpc) is 3.00. The summed E-state index contributed by atoms with van der Waals surface area (Å²) in [7, 11) is 2.23. The normalized spacial score (nSPS) is 27.3. The van der Waals surface area contributed by atoms with Crippen LogP contribution in [0.2, 0.25) is 0 Å². The number of fused-ring (bicyclic) bond motifs is 1. The Bertz CT molecular complexity index is 519. The van der Waals surface area contributed by atoms with Crippen LogP contribution in [-0.4, -0.2) is 46.9 Å². The summed E-state index contributed by atoms with van der Waals surface area (Å²) in [6, 6.07) is 4.75. The molecule has 3 rings (SSSR count). The second-order valence-corrected chi connectivity index (χ2v) is 7.25. The summed E-state index contributed by atoms with van der Waals surface area (Å²) in [5.74, 6) is 1.70. The van der Waals surface area contributed by atoms with E-state index in [0.29, 0.717) is 30.2 Å². The van der Waals surface area contributed by atoms with Crippen molar-refractivity contribution in [3.8, 4) is 0 Å². The first kappa shape index (κ1) is 16.4. The van der Waals surface area contributed by atoms with Gasteiger partial charge in [0.15, 0.2) is 0 Å². The first-order valence-corrected chi connectivity index (χ1v) is 9.06. The van der Waals surface area contributed by atoms with Crippen molar-refractivity contribution in [3.05, 3.63) is 30.1 Å². The lowest BCUT2D eigenvalue weighted by molar-refractivity contribution is -0.130. The van der Waals surface area contributed by atoms with Gasteiger partial charge in [-0.3, -0.25) is 14.7 Å². The largest absolute Gasteiger partial charge is 0.342 e. The topological polar surface area (TPSA) is 36.4 Å². The Balaban J connectivity index is 1.64. The maximum absolute atomic E-state index is 12.3. The molecule has 1 aromatic heterocycles. The molecule has 3 atom stereocenters. The van der Waals surface area contributed by atoms with Gasteiger partial charge in [-0.1, -0.05) is 19.4 Å². The van der Waals surface area contributed by atoms with Gasteiger partial charge in [0.2, 0.25) is 5.91 Å². The molecule has 0 spiro atoms. The lowest BCUT2D eigenvalue weighted by Gasteiger charge is -2.39. The lowest BCUT2D eigenvalue weighted by atomic mass is 9.77. The fourth-order valence-electron chi connectivity index (χ4n) is 4.46. The van der Waals surface area contributed by atoms with Gasteiger partial charge in [0.1, 0.15) is 0 Å². The van der Waals surface area contributed by atoms with Crippen LogP contribution in [0, 0.1) is 11.8 Å². The first-order valence-electron chi connectivity index (χ1n) is 9.06. The first-order chi connectivity index (χ1) is 11.2. The number of carbonyl (C=O) groups excluding carboxylic acids is 1. The van der Waals surface area contributed by atoms with Gasteiger partial charge in [-0.15, -0.1) is 0 Å². The Morgan fingerprint density at radius 1 is 1.39 bits per heavy atom. The maximum Gasteiger partial charge on any atom is 0.222 e. The summed E-state index contributed by atoms with van der Waals surface area (Å²) >= 11 is 0. The number of hydrogen-bond acceptors (Lipinski definition) is 3. The van der Waals surface area contributed by atoms with Gasteiger partial charge in [0.25, 0.3) is 0 Å². The van der Waals surface area contributed by atoms with E-state index in [0.717, 1.165) is 26.1 Å². The van der Waals surface area contributed by atoms with Crippen molar-refractivity contribution in [3.63, 3.8) is 0 Å². The Labute approximate surface area is 139 Å². The molecular formula is C19H29N3O. The summed E-state index contributed by atoms with van der Waals surface area (Å²) in [5, 5.41) is 0. The van der Waals surface area contributed by atoms with Gasteiger partial charge >= 0.3 is 0 Å². The molecule has 2 fully saturated rings. The van der Waals surface area contributed by atoms with Gasteiger partial charge in [-0.25, -0.2) is 0 Å². The molecule has 0 N–H and O–H groups in total. The smallest absolute Gasteiger partial charge is 0.222 e. The molecule has 0 bridgehead atoms. The molecule has 126 valence electrons. The van der Waals surface area contributed by atoms with E-state index in [9.17, 15) is 4.79 Å². The van der Waals surface area contributed by atoms with Crippen LogP contribution in [0.4, 0.5) is 0 Å². The standard InChI is InChI=1S/C19H29N3O/c1-3-6-19(23)22-13-16-8-4-9-18(17(16)14-22)21(2)12-15-7-5-10-20-11-15/h5,7,10-11,16-18H,3-4,6,8-9,12-14H2,1-2H3/t16-,17+,18?/m1/s1. The number of amides is 1. The highest BCUT2D eigenvalue weighted by Gasteiger charge is 2.42. The number of aromatic nitrogens is 1. The van der Waals surface area contributed by atoms with Crippen molar-refractivity contribution in [2.24, 2.45) is 11.8 Å². The van der Waals surface area contributed by atoms with Crippen molar-refractivity contribution in [2.45, 2.75) is 51.6 Å². The van der Waals surface area contributed by atoms with E-state index in [2.05, 4.69) is 34.8 Å². The third-order valence-electron chi connectivity index (χ3n) is 5.60. The zero-order valence-electron chi connectivity index (χ0n) is 14.4. The molecule has 1 saturated heterocycles. The van der Waals surface area contributed by atoms with Gasteiger partial charge in [0.05, 0.1) is 0 Å². The number of carbonyl (C=O) groups is 1. The van der Waals surface area contributed by atoms with E-state index in [4.69, 9.17) is 0 Å². The third-order valence-corrected chi connectivity index (χ3v) is 5.60. The third kappa shape index (κ3) is 3.74. The van der Waals surface area contributed by atoms with Gasteiger partial charge in [-0.2, -0.15) is 0 Å². The molecule has 4 heteroatoms. The number of rotatable bonds is 5. The number of hydrogen-bond donors (Lipinski definition) is 0. The molecule has 4 nitrogen and oxygen atoms in total. The number of likely N-dealkylation sites (tertiary alicyclic amines) is 1. The van der Waals surface area contributed by atoms with Crippen molar-refractivity contribution in [1.82, 2.24) is 14.8 Å². The molecule has 2 aliphatic rings. The molecule has 2 heterocycles. The summed E-state index contributed by atoms with van der Waals surface area (Å²) in [6.07, 6.45) is 9.28. The minimum Gasteiger partial charge on any atom is -0.342 e. The number of pyridine rings is 1. The lowest BCUT2D eigenvalue weighted by Crippen LogP contribution is -2.43. The predicted molar refractivity (Wildman–Crippen MR) is 91.8 cm³/mol. The van der Waals surface area contributed by atoms with Crippen LogP contribution < -0.4 is 0 Å².